The molecule has 1 unspecified atom stereocenters. The molecule has 1 heterocycles. The van der Waals surface area contributed by atoms with E-state index in [2.05, 4.69) is 0 Å². The van der Waals surface area contributed by atoms with Gasteiger partial charge in [-0.3, -0.25) is 0 Å². The van der Waals surface area contributed by atoms with E-state index in [1.807, 2.05) is 0 Å². The predicted molar refractivity (Wildman–Crippen MR) is 53.6 cm³/mol. The maximum atomic E-state index is 9.59. The Balaban J connectivity index is 2.56. The number of nitrogens with two attached hydrogens (primary N) is 1. The quantitative estimate of drug-likeness (QED) is 0.563. The zero-order valence-electron chi connectivity index (χ0n) is 7.27. The van der Waals surface area contributed by atoms with Crippen molar-refractivity contribution in [2.75, 3.05) is 6.54 Å². The van der Waals surface area contributed by atoms with Gasteiger partial charge >= 0.3 is 7.12 Å². The van der Waals surface area contributed by atoms with Crippen LogP contribution in [0.25, 0.3) is 0 Å². The summed E-state index contributed by atoms with van der Waals surface area (Å²) in [5, 5.41) is 19.3. The monoisotopic (exact) mass is 213 g/mol. The molecule has 0 aromatic heterocycles. The molecule has 0 saturated heterocycles. The fourth-order valence-electron chi connectivity index (χ4n) is 1.62. The first-order valence-corrected chi connectivity index (χ1v) is 4.57. The highest BCUT2D eigenvalue weighted by Crippen LogP contribution is 2.30. The zero-order valence-corrected chi connectivity index (χ0v) is 8.03. The van der Waals surface area contributed by atoms with Gasteiger partial charge in [-0.2, -0.15) is 0 Å². The summed E-state index contributed by atoms with van der Waals surface area (Å²) in [5.41, 5.74) is 6.47. The van der Waals surface area contributed by atoms with Crippen molar-refractivity contribution in [1.82, 2.24) is 0 Å². The molecule has 1 aromatic rings. The van der Waals surface area contributed by atoms with Crippen molar-refractivity contribution >= 4 is 24.2 Å². The first kappa shape index (κ1) is 9.80. The number of hydrogen-bond acceptors (Lipinski definition) is 4. The molecule has 0 amide bonds. The molecule has 0 fully saturated rings. The minimum Gasteiger partial charge on any atom is -0.507 e. The third-order valence-electron chi connectivity index (χ3n) is 2.30. The highest BCUT2D eigenvalue weighted by molar-refractivity contribution is 6.63. The molecule has 0 aliphatic carbocycles. The molecule has 4 nitrogen and oxygen atoms in total. The molecule has 74 valence electrons. The Labute approximate surface area is 86.4 Å². The number of phenols is 1. The lowest BCUT2D eigenvalue weighted by atomic mass is 9.78. The summed E-state index contributed by atoms with van der Waals surface area (Å²) in [6, 6.07) is 3.25. The number of hydrogen-bond donors (Lipinski definition) is 3. The average molecular weight is 213 g/mol. The third kappa shape index (κ3) is 1.29. The Morgan fingerprint density at radius 2 is 2.29 bits per heavy atom. The fourth-order valence-corrected chi connectivity index (χ4v) is 1.78. The molecule has 1 aromatic carbocycles. The number of phenolic OH excluding ortho intramolecular Hbond substituents is 1. The molecule has 0 bridgehead atoms. The lowest BCUT2D eigenvalue weighted by Gasteiger charge is -2.08. The minimum atomic E-state index is -1.14. The molecule has 1 atom stereocenters. The van der Waals surface area contributed by atoms with Gasteiger partial charge in [0.2, 0.25) is 0 Å². The van der Waals surface area contributed by atoms with Crippen LogP contribution >= 0.6 is 11.6 Å². The van der Waals surface area contributed by atoms with E-state index in [1.165, 1.54) is 0 Å². The van der Waals surface area contributed by atoms with Gasteiger partial charge in [-0.05, 0) is 11.6 Å². The SMILES string of the molecule is NCC1OB(O)c2c1ccc(Cl)c2O. The third-order valence-corrected chi connectivity index (χ3v) is 2.61. The summed E-state index contributed by atoms with van der Waals surface area (Å²) >= 11 is 5.70. The van der Waals surface area contributed by atoms with Crippen LogP contribution in [-0.2, 0) is 4.65 Å². The molecular formula is C8H9BClNO3. The Bertz CT molecular complexity index is 374. The van der Waals surface area contributed by atoms with Crippen molar-refractivity contribution in [1.29, 1.82) is 0 Å². The summed E-state index contributed by atoms with van der Waals surface area (Å²) in [7, 11) is -1.14. The zero-order chi connectivity index (χ0) is 10.3. The Morgan fingerprint density at radius 1 is 1.57 bits per heavy atom. The van der Waals surface area contributed by atoms with E-state index >= 15 is 0 Å². The van der Waals surface area contributed by atoms with Gasteiger partial charge in [0.25, 0.3) is 0 Å². The van der Waals surface area contributed by atoms with Gasteiger partial charge in [0.15, 0.2) is 0 Å². The Morgan fingerprint density at radius 3 is 2.93 bits per heavy atom. The lowest BCUT2D eigenvalue weighted by molar-refractivity contribution is 0.198. The Kier molecular flexibility index (Phi) is 2.40. The van der Waals surface area contributed by atoms with Gasteiger partial charge in [0.05, 0.1) is 11.1 Å². The fraction of sp³-hybridized carbons (Fsp3) is 0.250. The van der Waals surface area contributed by atoms with Crippen LogP contribution in [0.4, 0.5) is 0 Å². The maximum Gasteiger partial charge on any atom is 0.495 e. The minimum absolute atomic E-state index is 0.132. The standard InChI is InChI=1S/C8H9BClNO3/c10-5-2-1-4-6(3-11)14-9(13)7(4)8(5)12/h1-2,6,12-13H,3,11H2. The van der Waals surface area contributed by atoms with Crippen molar-refractivity contribution in [3.63, 3.8) is 0 Å². The van der Waals surface area contributed by atoms with Gasteiger partial charge in [0, 0.05) is 12.0 Å². The van der Waals surface area contributed by atoms with E-state index in [0.717, 1.165) is 0 Å². The topological polar surface area (TPSA) is 75.7 Å². The second-order valence-corrected chi connectivity index (χ2v) is 3.52. The van der Waals surface area contributed by atoms with Crippen molar-refractivity contribution in [2.24, 2.45) is 5.73 Å². The van der Waals surface area contributed by atoms with Crippen LogP contribution in [0, 0.1) is 0 Å². The predicted octanol–water partition coefficient (Wildman–Crippen LogP) is -0.237. The maximum absolute atomic E-state index is 9.59. The first-order valence-electron chi connectivity index (χ1n) is 4.20. The van der Waals surface area contributed by atoms with Crippen molar-refractivity contribution in [3.8, 4) is 5.75 Å². The van der Waals surface area contributed by atoms with Crippen LogP contribution < -0.4 is 11.2 Å². The number of fused-ring (bicyclic) bond motifs is 1. The summed E-state index contributed by atoms with van der Waals surface area (Å²) in [6.45, 7) is 0.255. The van der Waals surface area contributed by atoms with Crippen molar-refractivity contribution in [2.45, 2.75) is 6.10 Å². The highest BCUT2D eigenvalue weighted by Gasteiger charge is 2.37. The number of aromatic hydroxyl groups is 1. The van der Waals surface area contributed by atoms with Crippen LogP contribution in [0.1, 0.15) is 11.7 Å². The summed E-state index contributed by atoms with van der Waals surface area (Å²) in [6.07, 6.45) is -0.372. The van der Waals surface area contributed by atoms with Crippen LogP contribution in [0.2, 0.25) is 5.02 Å². The molecule has 1 aliphatic heterocycles. The van der Waals surface area contributed by atoms with E-state index in [9.17, 15) is 10.1 Å². The largest absolute Gasteiger partial charge is 0.507 e. The highest BCUT2D eigenvalue weighted by atomic mass is 35.5. The molecule has 0 spiro atoms. The number of halogens is 1. The van der Waals surface area contributed by atoms with E-state index in [1.54, 1.807) is 12.1 Å². The molecule has 1 aliphatic rings. The lowest BCUT2D eigenvalue weighted by Crippen LogP contribution is -2.28. The summed E-state index contributed by atoms with van der Waals surface area (Å²) in [4.78, 5) is 0. The Hall–Kier alpha value is -0.745. The number of benzene rings is 1. The molecule has 4 N–H and O–H groups in total. The second kappa shape index (κ2) is 3.44. The van der Waals surface area contributed by atoms with Crippen LogP contribution in [0.3, 0.4) is 0 Å². The molecule has 0 radical (unpaired) electrons. The molecule has 6 heteroatoms. The molecular weight excluding hydrogens is 204 g/mol. The van der Waals surface area contributed by atoms with Gasteiger partial charge in [-0.15, -0.1) is 0 Å². The van der Waals surface area contributed by atoms with Gasteiger partial charge in [-0.1, -0.05) is 17.7 Å². The second-order valence-electron chi connectivity index (χ2n) is 3.11. The smallest absolute Gasteiger partial charge is 0.495 e. The number of rotatable bonds is 1. The van der Waals surface area contributed by atoms with E-state index in [4.69, 9.17) is 22.0 Å². The molecule has 14 heavy (non-hydrogen) atoms. The van der Waals surface area contributed by atoms with Crippen LogP contribution in [-0.4, -0.2) is 23.8 Å². The summed E-state index contributed by atoms with van der Waals surface area (Å²) in [5.74, 6) is -0.132. The van der Waals surface area contributed by atoms with Gasteiger partial charge < -0.3 is 20.5 Å². The van der Waals surface area contributed by atoms with Crippen LogP contribution in [0.5, 0.6) is 5.75 Å². The van der Waals surface area contributed by atoms with Gasteiger partial charge in [-0.25, -0.2) is 0 Å². The van der Waals surface area contributed by atoms with E-state index in [-0.39, 0.29) is 23.4 Å². The average Bonchev–Trinajstić information content (AvgIpc) is 2.49. The van der Waals surface area contributed by atoms with Crippen molar-refractivity contribution in [3.05, 3.63) is 22.7 Å². The normalized spacial score (nSPS) is 19.9. The van der Waals surface area contributed by atoms with E-state index < -0.39 is 7.12 Å². The molecule has 2 rings (SSSR count). The molecule has 0 saturated carbocycles. The van der Waals surface area contributed by atoms with Gasteiger partial charge in [0.1, 0.15) is 5.75 Å². The van der Waals surface area contributed by atoms with Crippen molar-refractivity contribution < 1.29 is 14.8 Å². The summed E-state index contributed by atoms with van der Waals surface area (Å²) < 4.78 is 5.13. The van der Waals surface area contributed by atoms with E-state index in [0.29, 0.717) is 11.0 Å². The van der Waals surface area contributed by atoms with Crippen LogP contribution in [0.15, 0.2) is 12.1 Å². The first-order chi connectivity index (χ1) is 6.65.